The van der Waals surface area contributed by atoms with Crippen molar-refractivity contribution < 1.29 is 14.7 Å². The molecular formula is C14H16N4O3S. The second kappa shape index (κ2) is 5.88. The quantitative estimate of drug-likeness (QED) is 0.925. The molecule has 0 bridgehead atoms. The Morgan fingerprint density at radius 1 is 1.41 bits per heavy atom. The first-order valence-electron chi connectivity index (χ1n) is 7.01. The van der Waals surface area contributed by atoms with E-state index in [2.05, 4.69) is 10.1 Å². The van der Waals surface area contributed by atoms with Crippen molar-refractivity contribution in [3.05, 3.63) is 23.5 Å². The summed E-state index contributed by atoms with van der Waals surface area (Å²) in [6.07, 6.45) is 6.45. The van der Waals surface area contributed by atoms with Crippen LogP contribution in [0.3, 0.4) is 0 Å². The van der Waals surface area contributed by atoms with Gasteiger partial charge in [-0.3, -0.25) is 14.3 Å². The largest absolute Gasteiger partial charge is 0.481 e. The van der Waals surface area contributed by atoms with Crippen LogP contribution in [0.5, 0.6) is 0 Å². The number of likely N-dealkylation sites (tertiary alicyclic amines) is 1. The Hall–Kier alpha value is -2.22. The standard InChI is InChI=1S/C14H16N4O3S/c1-17-7-10(5-16-17)12-15-6-11(22-12)13(19)18-4-2-3-9(8-18)14(20)21/h5-7,9H,2-4,8H2,1H3,(H,20,21)/t9-/m0/s1. The molecule has 2 aromatic rings. The predicted molar refractivity (Wildman–Crippen MR) is 80.6 cm³/mol. The van der Waals surface area contributed by atoms with E-state index in [4.69, 9.17) is 5.11 Å². The number of piperidine rings is 1. The van der Waals surface area contributed by atoms with Gasteiger partial charge in [0.05, 0.1) is 18.3 Å². The van der Waals surface area contributed by atoms with E-state index >= 15 is 0 Å². The lowest BCUT2D eigenvalue weighted by atomic mass is 9.98. The molecule has 0 aromatic carbocycles. The number of aliphatic carboxylic acids is 1. The Morgan fingerprint density at radius 2 is 2.23 bits per heavy atom. The highest BCUT2D eigenvalue weighted by Crippen LogP contribution is 2.27. The zero-order chi connectivity index (χ0) is 15.7. The third-order valence-electron chi connectivity index (χ3n) is 3.73. The zero-order valence-electron chi connectivity index (χ0n) is 12.1. The summed E-state index contributed by atoms with van der Waals surface area (Å²) in [5.41, 5.74) is 0.869. The van der Waals surface area contributed by atoms with Gasteiger partial charge < -0.3 is 10.0 Å². The fourth-order valence-corrected chi connectivity index (χ4v) is 3.42. The van der Waals surface area contributed by atoms with Crippen LogP contribution in [-0.2, 0) is 11.8 Å². The number of thiazole rings is 1. The molecule has 22 heavy (non-hydrogen) atoms. The molecule has 1 aliphatic rings. The van der Waals surface area contributed by atoms with Gasteiger partial charge in [-0.2, -0.15) is 5.10 Å². The van der Waals surface area contributed by atoms with Crippen molar-refractivity contribution in [1.29, 1.82) is 0 Å². The van der Waals surface area contributed by atoms with Crippen LogP contribution >= 0.6 is 11.3 Å². The highest BCUT2D eigenvalue weighted by Gasteiger charge is 2.29. The van der Waals surface area contributed by atoms with Gasteiger partial charge in [0.2, 0.25) is 0 Å². The first-order chi connectivity index (χ1) is 10.5. The van der Waals surface area contributed by atoms with E-state index in [0.29, 0.717) is 17.8 Å². The lowest BCUT2D eigenvalue weighted by Gasteiger charge is -2.30. The Balaban J connectivity index is 1.75. The Morgan fingerprint density at radius 3 is 2.91 bits per heavy atom. The molecule has 1 amide bonds. The first-order valence-corrected chi connectivity index (χ1v) is 7.83. The molecule has 1 atom stereocenters. The molecule has 1 saturated heterocycles. The van der Waals surface area contributed by atoms with Gasteiger partial charge >= 0.3 is 5.97 Å². The normalized spacial score (nSPS) is 18.4. The minimum absolute atomic E-state index is 0.140. The minimum atomic E-state index is -0.835. The smallest absolute Gasteiger partial charge is 0.308 e. The van der Waals surface area contributed by atoms with E-state index in [0.717, 1.165) is 17.0 Å². The molecule has 3 rings (SSSR count). The molecule has 2 aromatic heterocycles. The summed E-state index contributed by atoms with van der Waals surface area (Å²) in [6.45, 7) is 0.872. The molecule has 1 fully saturated rings. The number of hydrogen-bond donors (Lipinski definition) is 1. The lowest BCUT2D eigenvalue weighted by molar-refractivity contribution is -0.143. The van der Waals surface area contributed by atoms with Gasteiger partial charge in [-0.1, -0.05) is 0 Å². The van der Waals surface area contributed by atoms with Gasteiger partial charge in [-0.25, -0.2) is 4.98 Å². The third kappa shape index (κ3) is 2.87. The molecular weight excluding hydrogens is 304 g/mol. The van der Waals surface area contributed by atoms with Crippen molar-refractivity contribution in [3.8, 4) is 10.6 Å². The topological polar surface area (TPSA) is 88.3 Å². The van der Waals surface area contributed by atoms with Crippen LogP contribution in [-0.4, -0.2) is 49.7 Å². The van der Waals surface area contributed by atoms with Gasteiger partial charge in [-0.15, -0.1) is 11.3 Å². The Kier molecular flexibility index (Phi) is 3.93. The van der Waals surface area contributed by atoms with E-state index in [-0.39, 0.29) is 12.5 Å². The number of amides is 1. The molecule has 8 heteroatoms. The average Bonchev–Trinajstić information content (AvgIpc) is 3.15. The second-order valence-electron chi connectivity index (χ2n) is 5.36. The van der Waals surface area contributed by atoms with Crippen molar-refractivity contribution in [2.75, 3.05) is 13.1 Å². The zero-order valence-corrected chi connectivity index (χ0v) is 12.9. The molecule has 3 heterocycles. The third-order valence-corrected chi connectivity index (χ3v) is 4.76. The molecule has 1 aliphatic heterocycles. The molecule has 0 radical (unpaired) electrons. The first kappa shape index (κ1) is 14.7. The summed E-state index contributed by atoms with van der Waals surface area (Å²) < 4.78 is 1.68. The second-order valence-corrected chi connectivity index (χ2v) is 6.39. The highest BCUT2D eigenvalue weighted by atomic mass is 32.1. The number of carboxylic acid groups (broad SMARTS) is 1. The van der Waals surface area contributed by atoms with Crippen molar-refractivity contribution in [2.24, 2.45) is 13.0 Å². The van der Waals surface area contributed by atoms with Gasteiger partial charge in [0.15, 0.2) is 0 Å². The number of rotatable bonds is 3. The fraction of sp³-hybridized carbons (Fsp3) is 0.429. The van der Waals surface area contributed by atoms with Crippen LogP contribution in [0.4, 0.5) is 0 Å². The molecule has 0 spiro atoms. The SMILES string of the molecule is Cn1cc(-c2ncc(C(=O)N3CCC[C@H](C(=O)O)C3)s2)cn1. The number of carboxylic acids is 1. The maximum atomic E-state index is 12.5. The van der Waals surface area contributed by atoms with E-state index in [1.54, 1.807) is 22.0 Å². The maximum absolute atomic E-state index is 12.5. The van der Waals surface area contributed by atoms with Crippen molar-refractivity contribution >= 4 is 23.2 Å². The Labute approximate surface area is 131 Å². The average molecular weight is 320 g/mol. The fourth-order valence-electron chi connectivity index (χ4n) is 2.56. The van der Waals surface area contributed by atoms with Crippen LogP contribution in [0.2, 0.25) is 0 Å². The molecule has 0 saturated carbocycles. The molecule has 0 unspecified atom stereocenters. The van der Waals surface area contributed by atoms with Crippen molar-refractivity contribution in [1.82, 2.24) is 19.7 Å². The number of carbonyl (C=O) groups is 2. The van der Waals surface area contributed by atoms with Gasteiger partial charge in [0.1, 0.15) is 9.88 Å². The monoisotopic (exact) mass is 320 g/mol. The summed E-state index contributed by atoms with van der Waals surface area (Å²) in [5, 5.41) is 13.9. The lowest BCUT2D eigenvalue weighted by Crippen LogP contribution is -2.42. The maximum Gasteiger partial charge on any atom is 0.308 e. The minimum Gasteiger partial charge on any atom is -0.481 e. The van der Waals surface area contributed by atoms with Gasteiger partial charge in [0, 0.05) is 31.9 Å². The summed E-state index contributed by atoms with van der Waals surface area (Å²) in [4.78, 5) is 30.0. The van der Waals surface area contributed by atoms with Crippen molar-refractivity contribution in [3.63, 3.8) is 0 Å². The number of carbonyl (C=O) groups excluding carboxylic acids is 1. The van der Waals surface area contributed by atoms with Gasteiger partial charge in [0.25, 0.3) is 5.91 Å². The molecule has 0 aliphatic carbocycles. The van der Waals surface area contributed by atoms with E-state index in [9.17, 15) is 9.59 Å². The molecule has 7 nitrogen and oxygen atoms in total. The van der Waals surface area contributed by atoms with E-state index in [1.807, 2.05) is 13.2 Å². The van der Waals surface area contributed by atoms with Crippen molar-refractivity contribution in [2.45, 2.75) is 12.8 Å². The highest BCUT2D eigenvalue weighted by molar-refractivity contribution is 7.16. The number of hydrogen-bond acceptors (Lipinski definition) is 5. The summed E-state index contributed by atoms with van der Waals surface area (Å²) in [7, 11) is 1.82. The predicted octanol–water partition coefficient (Wildman–Crippen LogP) is 1.48. The summed E-state index contributed by atoms with van der Waals surface area (Å²) in [6, 6.07) is 0. The van der Waals surface area contributed by atoms with Crippen LogP contribution < -0.4 is 0 Å². The number of aryl methyl sites for hydroxylation is 1. The van der Waals surface area contributed by atoms with Gasteiger partial charge in [-0.05, 0) is 12.8 Å². The van der Waals surface area contributed by atoms with Crippen LogP contribution in [0.15, 0.2) is 18.6 Å². The van der Waals surface area contributed by atoms with Crippen LogP contribution in [0, 0.1) is 5.92 Å². The Bertz CT molecular complexity index is 709. The number of nitrogens with zero attached hydrogens (tertiary/aromatic N) is 4. The van der Waals surface area contributed by atoms with Crippen LogP contribution in [0.25, 0.3) is 10.6 Å². The van der Waals surface area contributed by atoms with Crippen LogP contribution in [0.1, 0.15) is 22.5 Å². The van der Waals surface area contributed by atoms with E-state index < -0.39 is 11.9 Å². The van der Waals surface area contributed by atoms with E-state index in [1.165, 1.54) is 11.3 Å². The molecule has 116 valence electrons. The summed E-state index contributed by atoms with van der Waals surface area (Å²) in [5.74, 6) is -1.44. The number of aromatic nitrogens is 3. The summed E-state index contributed by atoms with van der Waals surface area (Å²) >= 11 is 1.31. The molecule has 1 N–H and O–H groups in total.